The van der Waals surface area contributed by atoms with Gasteiger partial charge in [-0.05, 0) is 26.8 Å². The van der Waals surface area contributed by atoms with Gasteiger partial charge in [0.15, 0.2) is 11.3 Å². The third-order valence-corrected chi connectivity index (χ3v) is 2.41. The normalized spacial score (nSPS) is 15.2. The number of rotatable bonds is 4. The molecule has 1 atom stereocenters. The molecule has 1 aromatic heterocycles. The molecule has 1 rings (SSSR count). The van der Waals surface area contributed by atoms with E-state index in [1.165, 1.54) is 12.3 Å². The highest BCUT2D eigenvalue weighted by molar-refractivity contribution is 6.03. The molecule has 7 heteroatoms. The molecule has 0 aromatic carbocycles. The number of Topliss-reactive ketones (excluding diaryl/α,β-unsaturated/α-hetero) is 1. The van der Waals surface area contributed by atoms with E-state index in [0.29, 0.717) is 6.92 Å². The van der Waals surface area contributed by atoms with E-state index in [0.717, 1.165) is 6.20 Å². The summed E-state index contributed by atoms with van der Waals surface area (Å²) in [5, 5.41) is 0. The molecule has 0 aliphatic heterocycles. The van der Waals surface area contributed by atoms with Crippen LogP contribution in [0.4, 0.5) is 13.2 Å². The van der Waals surface area contributed by atoms with Crippen molar-refractivity contribution in [3.05, 3.63) is 24.0 Å². The van der Waals surface area contributed by atoms with Crippen LogP contribution in [0.2, 0.25) is 0 Å². The fraction of sp³-hybridized carbons (Fsp3) is 0.500. The zero-order chi connectivity index (χ0) is 14.8. The lowest BCUT2D eigenvalue weighted by atomic mass is 9.92. The van der Waals surface area contributed by atoms with E-state index >= 15 is 0 Å². The molecule has 106 valence electrons. The predicted octanol–water partition coefficient (Wildman–Crippen LogP) is 2.33. The first-order chi connectivity index (χ1) is 8.55. The zero-order valence-electron chi connectivity index (χ0n) is 10.8. The Balaban J connectivity index is 3.07. The van der Waals surface area contributed by atoms with E-state index in [1.807, 2.05) is 0 Å². The molecule has 2 N–H and O–H groups in total. The maximum absolute atomic E-state index is 12.7. The zero-order valence-corrected chi connectivity index (χ0v) is 10.8. The average Bonchev–Trinajstić information content (AvgIpc) is 2.25. The molecule has 0 amide bonds. The van der Waals surface area contributed by atoms with Gasteiger partial charge in [-0.25, -0.2) is 0 Å². The Morgan fingerprint density at radius 2 is 1.95 bits per heavy atom. The second-order valence-corrected chi connectivity index (χ2v) is 4.61. The van der Waals surface area contributed by atoms with Crippen molar-refractivity contribution < 1.29 is 22.7 Å². The molecule has 0 aliphatic carbocycles. The molecule has 0 aliphatic rings. The summed E-state index contributed by atoms with van der Waals surface area (Å²) < 4.78 is 43.3. The number of aromatic nitrogens is 1. The van der Waals surface area contributed by atoms with Gasteiger partial charge in [0.05, 0.1) is 12.3 Å². The van der Waals surface area contributed by atoms with Crippen molar-refractivity contribution in [2.75, 3.05) is 0 Å². The SMILES string of the molecule is CC(C)Oc1cncc(C(=O)C(C)(N)C(F)(F)F)c1. The minimum Gasteiger partial charge on any atom is -0.489 e. The topological polar surface area (TPSA) is 65.2 Å². The lowest BCUT2D eigenvalue weighted by Gasteiger charge is -2.25. The summed E-state index contributed by atoms with van der Waals surface area (Å²) in [5.74, 6) is -1.03. The molecule has 1 unspecified atom stereocenters. The van der Waals surface area contributed by atoms with Gasteiger partial charge in [0.1, 0.15) is 5.75 Å². The Labute approximate surface area is 108 Å². The number of ether oxygens (including phenoxy) is 1. The van der Waals surface area contributed by atoms with Crippen molar-refractivity contribution in [2.45, 2.75) is 38.6 Å². The van der Waals surface area contributed by atoms with Crippen LogP contribution in [0.25, 0.3) is 0 Å². The van der Waals surface area contributed by atoms with Gasteiger partial charge in [0.2, 0.25) is 0 Å². The summed E-state index contributed by atoms with van der Waals surface area (Å²) in [6, 6.07) is 1.20. The van der Waals surface area contributed by atoms with Gasteiger partial charge >= 0.3 is 6.18 Å². The fourth-order valence-electron chi connectivity index (χ4n) is 1.31. The van der Waals surface area contributed by atoms with Crippen LogP contribution in [0.3, 0.4) is 0 Å². The van der Waals surface area contributed by atoms with E-state index in [4.69, 9.17) is 10.5 Å². The molecule has 0 fully saturated rings. The lowest BCUT2D eigenvalue weighted by molar-refractivity contribution is -0.165. The van der Waals surface area contributed by atoms with Crippen LogP contribution in [0, 0.1) is 0 Å². The maximum Gasteiger partial charge on any atom is 0.413 e. The van der Waals surface area contributed by atoms with Gasteiger partial charge in [-0.1, -0.05) is 0 Å². The van der Waals surface area contributed by atoms with Gasteiger partial charge < -0.3 is 10.5 Å². The molecule has 0 radical (unpaired) electrons. The van der Waals surface area contributed by atoms with Crippen molar-refractivity contribution in [3.8, 4) is 5.75 Å². The van der Waals surface area contributed by atoms with Crippen molar-refractivity contribution in [1.82, 2.24) is 4.98 Å². The van der Waals surface area contributed by atoms with E-state index in [1.54, 1.807) is 13.8 Å². The number of hydrogen-bond donors (Lipinski definition) is 1. The standard InChI is InChI=1S/C12H15F3N2O2/c1-7(2)19-9-4-8(5-17-6-9)10(18)11(3,16)12(13,14)15/h4-7H,16H2,1-3H3. The molecule has 0 spiro atoms. The third kappa shape index (κ3) is 3.44. The Morgan fingerprint density at radius 1 is 1.37 bits per heavy atom. The van der Waals surface area contributed by atoms with E-state index in [-0.39, 0.29) is 17.4 Å². The summed E-state index contributed by atoms with van der Waals surface area (Å²) in [5.41, 5.74) is 1.89. The van der Waals surface area contributed by atoms with E-state index in [9.17, 15) is 18.0 Å². The number of nitrogens with zero attached hydrogens (tertiary/aromatic N) is 1. The van der Waals surface area contributed by atoms with Crippen LogP contribution in [0.1, 0.15) is 31.1 Å². The highest BCUT2D eigenvalue weighted by atomic mass is 19.4. The number of pyridine rings is 1. The first-order valence-corrected chi connectivity index (χ1v) is 5.58. The van der Waals surface area contributed by atoms with Crippen LogP contribution >= 0.6 is 0 Å². The number of alkyl halides is 3. The molecule has 0 bridgehead atoms. The lowest BCUT2D eigenvalue weighted by Crippen LogP contribution is -2.57. The van der Waals surface area contributed by atoms with Gasteiger partial charge in [-0.2, -0.15) is 13.2 Å². The van der Waals surface area contributed by atoms with Crippen LogP contribution in [-0.4, -0.2) is 28.6 Å². The summed E-state index contributed by atoms with van der Waals surface area (Å²) in [4.78, 5) is 15.5. The number of halogens is 3. The highest BCUT2D eigenvalue weighted by Crippen LogP contribution is 2.31. The van der Waals surface area contributed by atoms with Crippen molar-refractivity contribution in [1.29, 1.82) is 0 Å². The minimum absolute atomic E-state index is 0.181. The monoisotopic (exact) mass is 276 g/mol. The summed E-state index contributed by atoms with van der Waals surface area (Å²) in [6.07, 6.45) is -2.66. The smallest absolute Gasteiger partial charge is 0.413 e. The first kappa shape index (κ1) is 15.4. The number of carbonyl (C=O) groups excluding carboxylic acids is 1. The van der Waals surface area contributed by atoms with Crippen molar-refractivity contribution in [3.63, 3.8) is 0 Å². The summed E-state index contributed by atoms with van der Waals surface area (Å²) in [6.45, 7) is 4.12. The second kappa shape index (κ2) is 5.16. The van der Waals surface area contributed by atoms with Crippen LogP contribution in [0.15, 0.2) is 18.5 Å². The predicted molar refractivity (Wildman–Crippen MR) is 63.0 cm³/mol. The molecular weight excluding hydrogens is 261 g/mol. The first-order valence-electron chi connectivity index (χ1n) is 5.58. The maximum atomic E-state index is 12.7. The average molecular weight is 276 g/mol. The number of hydrogen-bond acceptors (Lipinski definition) is 4. The minimum atomic E-state index is -4.83. The van der Waals surface area contributed by atoms with Crippen molar-refractivity contribution in [2.24, 2.45) is 5.73 Å². The van der Waals surface area contributed by atoms with Gasteiger partial charge in [-0.15, -0.1) is 0 Å². The molecule has 1 aromatic rings. The molecule has 0 saturated carbocycles. The van der Waals surface area contributed by atoms with Crippen LogP contribution in [0.5, 0.6) is 5.75 Å². The van der Waals surface area contributed by atoms with Gasteiger partial charge in [0, 0.05) is 11.8 Å². The van der Waals surface area contributed by atoms with Gasteiger partial charge in [-0.3, -0.25) is 9.78 Å². The highest BCUT2D eigenvalue weighted by Gasteiger charge is 2.53. The summed E-state index contributed by atoms with van der Waals surface area (Å²) >= 11 is 0. The molecule has 4 nitrogen and oxygen atoms in total. The Kier molecular flexibility index (Phi) is 4.19. The van der Waals surface area contributed by atoms with Crippen LogP contribution in [-0.2, 0) is 0 Å². The largest absolute Gasteiger partial charge is 0.489 e. The Hall–Kier alpha value is -1.63. The number of carbonyl (C=O) groups is 1. The van der Waals surface area contributed by atoms with E-state index in [2.05, 4.69) is 4.98 Å². The second-order valence-electron chi connectivity index (χ2n) is 4.61. The Morgan fingerprint density at radius 3 is 2.42 bits per heavy atom. The fourth-order valence-corrected chi connectivity index (χ4v) is 1.31. The molecule has 1 heterocycles. The van der Waals surface area contributed by atoms with Gasteiger partial charge in [0.25, 0.3) is 0 Å². The molecule has 0 saturated heterocycles. The summed E-state index contributed by atoms with van der Waals surface area (Å²) in [7, 11) is 0. The number of ketones is 1. The van der Waals surface area contributed by atoms with E-state index < -0.39 is 17.5 Å². The molecule has 19 heavy (non-hydrogen) atoms. The van der Waals surface area contributed by atoms with Crippen molar-refractivity contribution >= 4 is 5.78 Å². The molecular formula is C12H15F3N2O2. The Bertz CT molecular complexity index is 470. The number of nitrogens with two attached hydrogens (primary N) is 1. The quantitative estimate of drug-likeness (QED) is 0.857. The third-order valence-electron chi connectivity index (χ3n) is 2.41. The van der Waals surface area contributed by atoms with Crippen LogP contribution < -0.4 is 10.5 Å².